The fourth-order valence-electron chi connectivity index (χ4n) is 3.03. The molecule has 3 aromatic rings. The largest absolute Gasteiger partial charge is 0.497 e. The van der Waals surface area contributed by atoms with E-state index in [1.807, 2.05) is 37.3 Å². The molecule has 0 saturated carbocycles. The lowest BCUT2D eigenvalue weighted by Crippen LogP contribution is -2.14. The summed E-state index contributed by atoms with van der Waals surface area (Å²) in [5, 5.41) is 6.21. The van der Waals surface area contributed by atoms with Crippen LogP contribution in [0.3, 0.4) is 0 Å². The summed E-state index contributed by atoms with van der Waals surface area (Å²) in [7, 11) is 3.20. The van der Waals surface area contributed by atoms with E-state index in [9.17, 15) is 4.79 Å². The Morgan fingerprint density at radius 2 is 1.90 bits per heavy atom. The van der Waals surface area contributed by atoms with Gasteiger partial charge in [-0.1, -0.05) is 25.1 Å². The zero-order chi connectivity index (χ0) is 20.8. The molecule has 0 aliphatic rings. The summed E-state index contributed by atoms with van der Waals surface area (Å²) in [4.78, 5) is 17.0. The molecule has 29 heavy (non-hydrogen) atoms. The lowest BCUT2D eigenvalue weighted by Gasteiger charge is -2.14. The van der Waals surface area contributed by atoms with Gasteiger partial charge in [-0.25, -0.2) is 4.98 Å². The summed E-state index contributed by atoms with van der Waals surface area (Å²) in [6, 6.07) is 15.0. The third-order valence-corrected chi connectivity index (χ3v) is 4.68. The van der Waals surface area contributed by atoms with Gasteiger partial charge in [0.1, 0.15) is 17.3 Å². The first-order chi connectivity index (χ1) is 14.0. The average molecular weight is 391 g/mol. The van der Waals surface area contributed by atoms with E-state index in [0.717, 1.165) is 28.9 Å². The molecule has 6 nitrogen and oxygen atoms in total. The highest BCUT2D eigenvalue weighted by Crippen LogP contribution is 2.31. The van der Waals surface area contributed by atoms with Crippen molar-refractivity contribution >= 4 is 23.1 Å². The van der Waals surface area contributed by atoms with Gasteiger partial charge in [0.15, 0.2) is 0 Å². The number of amides is 1. The maximum absolute atomic E-state index is 12.7. The van der Waals surface area contributed by atoms with E-state index in [0.29, 0.717) is 22.9 Å². The van der Waals surface area contributed by atoms with Crippen LogP contribution in [0.15, 0.2) is 54.7 Å². The van der Waals surface area contributed by atoms with Gasteiger partial charge in [-0.3, -0.25) is 4.79 Å². The Kier molecular flexibility index (Phi) is 6.34. The fraction of sp³-hybridized carbons (Fsp3) is 0.217. The van der Waals surface area contributed by atoms with Crippen LogP contribution in [0.25, 0.3) is 0 Å². The van der Waals surface area contributed by atoms with Crippen LogP contribution in [-0.2, 0) is 6.42 Å². The Balaban J connectivity index is 1.75. The summed E-state index contributed by atoms with van der Waals surface area (Å²) >= 11 is 0. The van der Waals surface area contributed by atoms with Gasteiger partial charge in [-0.2, -0.15) is 0 Å². The van der Waals surface area contributed by atoms with Crippen molar-refractivity contribution in [2.75, 3.05) is 24.9 Å². The van der Waals surface area contributed by atoms with Gasteiger partial charge in [0, 0.05) is 18.0 Å². The number of nitrogens with one attached hydrogen (secondary N) is 2. The summed E-state index contributed by atoms with van der Waals surface area (Å²) in [5.74, 6) is 1.76. The number of hydrogen-bond acceptors (Lipinski definition) is 5. The Hall–Kier alpha value is -3.54. The highest BCUT2D eigenvalue weighted by atomic mass is 16.5. The highest BCUT2D eigenvalue weighted by Gasteiger charge is 2.12. The average Bonchev–Trinajstić information content (AvgIpc) is 2.75. The van der Waals surface area contributed by atoms with Crippen molar-refractivity contribution in [1.82, 2.24) is 4.98 Å². The number of aromatic nitrogens is 1. The van der Waals surface area contributed by atoms with Crippen LogP contribution in [-0.4, -0.2) is 25.1 Å². The summed E-state index contributed by atoms with van der Waals surface area (Å²) in [6.07, 6.45) is 2.40. The van der Waals surface area contributed by atoms with Crippen LogP contribution < -0.4 is 20.1 Å². The SMILES string of the molecule is CCc1cccc(C)c1NC(=O)c1ccc(Nc2ccc(OC)cc2OC)nc1. The van der Waals surface area contributed by atoms with E-state index in [-0.39, 0.29) is 5.91 Å². The minimum Gasteiger partial charge on any atom is -0.497 e. The monoisotopic (exact) mass is 391 g/mol. The number of nitrogens with zero attached hydrogens (tertiary/aromatic N) is 1. The molecule has 0 atom stereocenters. The molecular weight excluding hydrogens is 366 g/mol. The molecule has 1 heterocycles. The quantitative estimate of drug-likeness (QED) is 0.595. The van der Waals surface area contributed by atoms with Crippen LogP contribution in [0, 0.1) is 6.92 Å². The van der Waals surface area contributed by atoms with E-state index in [1.54, 1.807) is 38.6 Å². The number of anilines is 3. The number of aryl methyl sites for hydroxylation is 2. The van der Waals surface area contributed by atoms with Gasteiger partial charge in [-0.15, -0.1) is 0 Å². The predicted octanol–water partition coefficient (Wildman–Crippen LogP) is 4.97. The number of para-hydroxylation sites is 1. The van der Waals surface area contributed by atoms with E-state index in [4.69, 9.17) is 9.47 Å². The molecule has 2 N–H and O–H groups in total. The molecule has 150 valence electrons. The third kappa shape index (κ3) is 4.66. The van der Waals surface area contributed by atoms with Crippen molar-refractivity contribution in [3.63, 3.8) is 0 Å². The summed E-state index contributed by atoms with van der Waals surface area (Å²) < 4.78 is 10.6. The van der Waals surface area contributed by atoms with E-state index >= 15 is 0 Å². The van der Waals surface area contributed by atoms with Crippen LogP contribution in [0.5, 0.6) is 11.5 Å². The fourth-order valence-corrected chi connectivity index (χ4v) is 3.03. The molecule has 3 rings (SSSR count). The van der Waals surface area contributed by atoms with Gasteiger partial charge in [0.05, 0.1) is 25.5 Å². The van der Waals surface area contributed by atoms with Crippen LogP contribution in [0.1, 0.15) is 28.4 Å². The third-order valence-electron chi connectivity index (χ3n) is 4.68. The Bertz CT molecular complexity index is 1000. The Morgan fingerprint density at radius 3 is 2.55 bits per heavy atom. The minimum absolute atomic E-state index is 0.185. The first kappa shape index (κ1) is 20.2. The van der Waals surface area contributed by atoms with Gasteiger partial charge < -0.3 is 20.1 Å². The molecule has 1 aromatic heterocycles. The second kappa shape index (κ2) is 9.10. The number of methoxy groups -OCH3 is 2. The smallest absolute Gasteiger partial charge is 0.257 e. The Morgan fingerprint density at radius 1 is 1.07 bits per heavy atom. The first-order valence-corrected chi connectivity index (χ1v) is 9.40. The highest BCUT2D eigenvalue weighted by molar-refractivity contribution is 6.05. The van der Waals surface area contributed by atoms with Gasteiger partial charge >= 0.3 is 0 Å². The number of ether oxygens (including phenoxy) is 2. The predicted molar refractivity (Wildman–Crippen MR) is 116 cm³/mol. The minimum atomic E-state index is -0.185. The van der Waals surface area contributed by atoms with Crippen LogP contribution in [0.4, 0.5) is 17.2 Å². The molecule has 0 fully saturated rings. The molecule has 0 bridgehead atoms. The van der Waals surface area contributed by atoms with Crippen molar-refractivity contribution in [2.45, 2.75) is 20.3 Å². The van der Waals surface area contributed by atoms with Crippen LogP contribution in [0.2, 0.25) is 0 Å². The molecule has 6 heteroatoms. The van der Waals surface area contributed by atoms with Crippen molar-refractivity contribution in [1.29, 1.82) is 0 Å². The zero-order valence-corrected chi connectivity index (χ0v) is 17.1. The second-order valence-electron chi connectivity index (χ2n) is 6.54. The molecule has 0 aliphatic carbocycles. The number of carbonyl (C=O) groups excluding carboxylic acids is 1. The van der Waals surface area contributed by atoms with Crippen LogP contribution >= 0.6 is 0 Å². The zero-order valence-electron chi connectivity index (χ0n) is 17.1. The number of benzene rings is 2. The Labute approximate surface area is 170 Å². The lowest BCUT2D eigenvalue weighted by molar-refractivity contribution is 0.102. The van der Waals surface area contributed by atoms with Crippen molar-refractivity contribution in [2.24, 2.45) is 0 Å². The molecule has 0 saturated heterocycles. The molecular formula is C23H25N3O3. The number of hydrogen-bond donors (Lipinski definition) is 2. The van der Waals surface area contributed by atoms with Gasteiger partial charge in [-0.05, 0) is 48.7 Å². The number of carbonyl (C=O) groups is 1. The summed E-state index contributed by atoms with van der Waals surface area (Å²) in [6.45, 7) is 4.06. The lowest BCUT2D eigenvalue weighted by atomic mass is 10.1. The van der Waals surface area contributed by atoms with E-state index in [1.165, 1.54) is 0 Å². The summed E-state index contributed by atoms with van der Waals surface area (Å²) in [5.41, 5.74) is 4.25. The number of rotatable bonds is 7. The van der Waals surface area contributed by atoms with E-state index in [2.05, 4.69) is 22.5 Å². The maximum atomic E-state index is 12.7. The second-order valence-corrected chi connectivity index (χ2v) is 6.54. The maximum Gasteiger partial charge on any atom is 0.257 e. The number of pyridine rings is 1. The molecule has 0 aliphatic heterocycles. The molecule has 0 unspecified atom stereocenters. The molecule has 1 amide bonds. The molecule has 0 spiro atoms. The van der Waals surface area contributed by atoms with Crippen molar-refractivity contribution < 1.29 is 14.3 Å². The molecule has 0 radical (unpaired) electrons. The normalized spacial score (nSPS) is 10.3. The first-order valence-electron chi connectivity index (χ1n) is 9.40. The molecule has 2 aromatic carbocycles. The van der Waals surface area contributed by atoms with Crippen molar-refractivity contribution in [3.05, 3.63) is 71.4 Å². The standard InChI is InChI=1S/C23H25N3O3/c1-5-16-8-6-7-15(2)22(16)26-23(27)17-9-12-21(24-14-17)25-19-11-10-18(28-3)13-20(19)29-4/h6-14H,5H2,1-4H3,(H,24,25)(H,26,27). The van der Waals surface area contributed by atoms with Gasteiger partial charge in [0.25, 0.3) is 5.91 Å². The van der Waals surface area contributed by atoms with E-state index < -0.39 is 0 Å². The van der Waals surface area contributed by atoms with Crippen molar-refractivity contribution in [3.8, 4) is 11.5 Å². The van der Waals surface area contributed by atoms with Gasteiger partial charge in [0.2, 0.25) is 0 Å². The topological polar surface area (TPSA) is 72.5 Å².